The van der Waals surface area contributed by atoms with E-state index in [0.29, 0.717) is 5.56 Å². The maximum atomic E-state index is 12.5. The minimum absolute atomic E-state index is 0.186. The molecular weight excluding hydrogens is 264 g/mol. The third-order valence-electron chi connectivity index (χ3n) is 2.96. The van der Waals surface area contributed by atoms with Crippen LogP contribution in [0.15, 0.2) is 34.9 Å². The largest absolute Gasteiger partial charge is 0.343 e. The zero-order valence-corrected chi connectivity index (χ0v) is 11.9. The summed E-state index contributed by atoms with van der Waals surface area (Å²) < 4.78 is 26.1. The van der Waals surface area contributed by atoms with Gasteiger partial charge in [0.15, 0.2) is 0 Å². The highest BCUT2D eigenvalue weighted by molar-refractivity contribution is 7.89. The van der Waals surface area contributed by atoms with Crippen LogP contribution in [0, 0.1) is 0 Å². The van der Waals surface area contributed by atoms with Gasteiger partial charge in [0, 0.05) is 20.6 Å². The number of nitrogens with zero attached hydrogens (tertiary/aromatic N) is 2. The van der Waals surface area contributed by atoms with E-state index in [1.165, 1.54) is 4.90 Å². The Balaban J connectivity index is 2.68. The maximum Gasteiger partial charge on any atom is 0.270 e. The van der Waals surface area contributed by atoms with Crippen LogP contribution in [0.3, 0.4) is 0 Å². The Morgan fingerprint density at radius 3 is 2.47 bits per heavy atom. The van der Waals surface area contributed by atoms with Crippen molar-refractivity contribution in [3.05, 3.63) is 35.5 Å². The number of carbonyl (C=O) groups is 1. The van der Waals surface area contributed by atoms with E-state index in [-0.39, 0.29) is 23.0 Å². The minimum atomic E-state index is -3.64. The van der Waals surface area contributed by atoms with Crippen molar-refractivity contribution in [2.45, 2.75) is 11.8 Å². The number of carbonyl (C=O) groups excluding carboxylic acids is 1. The molecule has 6 heteroatoms. The first-order chi connectivity index (χ1) is 8.89. The quantitative estimate of drug-likeness (QED) is 0.816. The molecule has 1 aliphatic heterocycles. The van der Waals surface area contributed by atoms with Crippen molar-refractivity contribution < 1.29 is 13.2 Å². The van der Waals surface area contributed by atoms with Crippen LogP contribution < -0.4 is 0 Å². The fraction of sp³-hybridized carbons (Fsp3) is 0.308. The first kappa shape index (κ1) is 13.6. The number of amides is 1. The number of hydrogen-bond acceptors (Lipinski definition) is 3. The van der Waals surface area contributed by atoms with Crippen LogP contribution in [0.1, 0.15) is 12.5 Å². The predicted molar refractivity (Wildman–Crippen MR) is 72.7 cm³/mol. The molecule has 19 heavy (non-hydrogen) atoms. The fourth-order valence-corrected chi connectivity index (χ4v) is 3.68. The third kappa shape index (κ3) is 2.12. The molecule has 0 saturated heterocycles. The number of hydrogen-bond donors (Lipinski definition) is 0. The Hall–Kier alpha value is -1.82. The molecule has 0 aromatic heterocycles. The molecule has 0 N–H and O–H groups in total. The first-order valence-corrected chi connectivity index (χ1v) is 7.38. The highest BCUT2D eigenvalue weighted by Crippen LogP contribution is 2.31. The summed E-state index contributed by atoms with van der Waals surface area (Å²) >= 11 is 0. The van der Waals surface area contributed by atoms with Crippen LogP contribution in [0.5, 0.6) is 0 Å². The average Bonchev–Trinajstić information content (AvgIpc) is 2.37. The molecule has 1 aromatic carbocycles. The molecule has 5 nitrogen and oxygen atoms in total. The lowest BCUT2D eigenvalue weighted by atomic mass is 10.1. The summed E-state index contributed by atoms with van der Waals surface area (Å²) in [6.45, 7) is 1.93. The molecule has 0 radical (unpaired) electrons. The minimum Gasteiger partial charge on any atom is -0.343 e. The second-order valence-electron chi connectivity index (χ2n) is 4.44. The number of benzene rings is 1. The standard InChI is InChI=1S/C13H16N2O3S/c1-4-15-11(13(16)14(2)3)9-10-7-5-6-8-12(10)19(15,17)18/h5-9H,4H2,1-3H3. The van der Waals surface area contributed by atoms with E-state index in [1.807, 2.05) is 0 Å². The van der Waals surface area contributed by atoms with Crippen molar-refractivity contribution in [2.75, 3.05) is 20.6 Å². The van der Waals surface area contributed by atoms with Gasteiger partial charge in [-0.25, -0.2) is 8.42 Å². The Morgan fingerprint density at radius 1 is 1.26 bits per heavy atom. The molecule has 0 bridgehead atoms. The molecule has 1 aliphatic rings. The summed E-state index contributed by atoms with van der Waals surface area (Å²) in [6.07, 6.45) is 1.63. The van der Waals surface area contributed by atoms with E-state index in [2.05, 4.69) is 0 Å². The zero-order valence-electron chi connectivity index (χ0n) is 11.1. The first-order valence-electron chi connectivity index (χ1n) is 5.94. The Labute approximate surface area is 113 Å². The predicted octanol–water partition coefficient (Wildman–Crippen LogP) is 1.14. The second kappa shape index (κ2) is 4.70. The molecule has 2 rings (SSSR count). The number of sulfonamides is 1. The zero-order chi connectivity index (χ0) is 14.2. The highest BCUT2D eigenvalue weighted by Gasteiger charge is 2.34. The van der Waals surface area contributed by atoms with Gasteiger partial charge in [0.2, 0.25) is 0 Å². The number of fused-ring (bicyclic) bond motifs is 1. The molecule has 1 amide bonds. The summed E-state index contributed by atoms with van der Waals surface area (Å²) in [5.74, 6) is -0.320. The third-order valence-corrected chi connectivity index (χ3v) is 4.92. The van der Waals surface area contributed by atoms with Gasteiger partial charge in [0.25, 0.3) is 15.9 Å². The lowest BCUT2D eigenvalue weighted by Gasteiger charge is -2.30. The van der Waals surface area contributed by atoms with E-state index >= 15 is 0 Å². The molecule has 1 heterocycles. The van der Waals surface area contributed by atoms with Crippen molar-refractivity contribution in [3.8, 4) is 0 Å². The van der Waals surface area contributed by atoms with E-state index < -0.39 is 10.0 Å². The van der Waals surface area contributed by atoms with Crippen LogP contribution >= 0.6 is 0 Å². The second-order valence-corrected chi connectivity index (χ2v) is 6.27. The summed E-state index contributed by atoms with van der Waals surface area (Å²) in [5.41, 5.74) is 0.739. The molecular formula is C13H16N2O3S. The van der Waals surface area contributed by atoms with Crippen LogP contribution in [0.2, 0.25) is 0 Å². The Bertz CT molecular complexity index is 648. The van der Waals surface area contributed by atoms with Crippen LogP contribution in [-0.2, 0) is 14.8 Å². The average molecular weight is 280 g/mol. The molecule has 102 valence electrons. The fourth-order valence-electron chi connectivity index (χ4n) is 2.04. The highest BCUT2D eigenvalue weighted by atomic mass is 32.2. The van der Waals surface area contributed by atoms with Gasteiger partial charge in [-0.2, -0.15) is 0 Å². The van der Waals surface area contributed by atoms with Gasteiger partial charge in [-0.15, -0.1) is 0 Å². The van der Waals surface area contributed by atoms with E-state index in [0.717, 1.165) is 4.31 Å². The van der Waals surface area contributed by atoms with Crippen LogP contribution in [-0.4, -0.2) is 44.2 Å². The van der Waals surface area contributed by atoms with Crippen molar-refractivity contribution in [3.63, 3.8) is 0 Å². The van der Waals surface area contributed by atoms with Gasteiger partial charge < -0.3 is 4.90 Å². The van der Waals surface area contributed by atoms with Gasteiger partial charge in [-0.3, -0.25) is 9.10 Å². The van der Waals surface area contributed by atoms with Crippen molar-refractivity contribution in [2.24, 2.45) is 0 Å². The lowest BCUT2D eigenvalue weighted by Crippen LogP contribution is -2.40. The number of rotatable bonds is 2. The van der Waals surface area contributed by atoms with Gasteiger partial charge in [-0.1, -0.05) is 18.2 Å². The van der Waals surface area contributed by atoms with Crippen molar-refractivity contribution in [1.82, 2.24) is 9.21 Å². The van der Waals surface area contributed by atoms with E-state index in [1.54, 1.807) is 51.4 Å². The van der Waals surface area contributed by atoms with Crippen LogP contribution in [0.4, 0.5) is 0 Å². The van der Waals surface area contributed by atoms with Gasteiger partial charge in [0.05, 0.1) is 4.90 Å². The Kier molecular flexibility index (Phi) is 3.36. The molecule has 1 aromatic rings. The smallest absolute Gasteiger partial charge is 0.270 e. The van der Waals surface area contributed by atoms with Gasteiger partial charge in [-0.05, 0) is 24.6 Å². The summed E-state index contributed by atoms with van der Waals surface area (Å²) in [4.78, 5) is 13.7. The summed E-state index contributed by atoms with van der Waals surface area (Å²) in [7, 11) is -0.440. The molecule has 0 saturated carbocycles. The lowest BCUT2D eigenvalue weighted by molar-refractivity contribution is -0.125. The number of likely N-dealkylation sites (N-methyl/N-ethyl adjacent to an activating group) is 2. The topological polar surface area (TPSA) is 57.7 Å². The molecule has 0 spiro atoms. The van der Waals surface area contributed by atoms with Gasteiger partial charge in [0.1, 0.15) is 5.70 Å². The van der Waals surface area contributed by atoms with Gasteiger partial charge >= 0.3 is 0 Å². The molecule has 0 atom stereocenters. The molecule has 0 aliphatic carbocycles. The Morgan fingerprint density at radius 2 is 1.89 bits per heavy atom. The summed E-state index contributed by atoms with van der Waals surface area (Å²) in [5, 5.41) is 0. The van der Waals surface area contributed by atoms with E-state index in [4.69, 9.17) is 0 Å². The normalized spacial score (nSPS) is 16.6. The summed E-state index contributed by atoms with van der Waals surface area (Å²) in [6, 6.07) is 6.69. The maximum absolute atomic E-state index is 12.5. The van der Waals surface area contributed by atoms with E-state index in [9.17, 15) is 13.2 Å². The van der Waals surface area contributed by atoms with Crippen molar-refractivity contribution in [1.29, 1.82) is 0 Å². The van der Waals surface area contributed by atoms with Crippen LogP contribution in [0.25, 0.3) is 6.08 Å². The molecule has 0 fully saturated rings. The monoisotopic (exact) mass is 280 g/mol. The SMILES string of the molecule is CCN1C(C(=O)N(C)C)=Cc2ccccc2S1(=O)=O. The van der Waals surface area contributed by atoms with Crippen molar-refractivity contribution >= 4 is 22.0 Å². The molecule has 0 unspecified atom stereocenters.